The third-order valence-corrected chi connectivity index (χ3v) is 3.39. The maximum atomic E-state index is 11.1. The van der Waals surface area contributed by atoms with E-state index in [4.69, 9.17) is 9.84 Å². The second kappa shape index (κ2) is 7.59. The van der Waals surface area contributed by atoms with E-state index in [-0.39, 0.29) is 0 Å². The number of hydrogen-bond acceptors (Lipinski definition) is 4. The average Bonchev–Trinajstić information content (AvgIpc) is 2.48. The normalized spacial score (nSPS) is 16.3. The molecule has 0 aromatic heterocycles. The molecule has 0 saturated carbocycles. The zero-order valence-corrected chi connectivity index (χ0v) is 11.8. The average molecular weight is 289 g/mol. The van der Waals surface area contributed by atoms with Crippen molar-refractivity contribution >= 4 is 17.8 Å². The lowest BCUT2D eigenvalue weighted by Gasteiger charge is -2.25. The van der Waals surface area contributed by atoms with Crippen LogP contribution in [0.1, 0.15) is 18.4 Å². The smallest absolute Gasteiger partial charge is 0.328 e. The summed E-state index contributed by atoms with van der Waals surface area (Å²) in [5.74, 6) is 0.142. The van der Waals surface area contributed by atoms with Crippen molar-refractivity contribution in [2.24, 2.45) is 0 Å². The molecule has 1 saturated heterocycles. The molecule has 21 heavy (non-hydrogen) atoms. The fourth-order valence-corrected chi connectivity index (χ4v) is 2.16. The monoisotopic (exact) mass is 289 g/mol. The highest BCUT2D eigenvalue weighted by Gasteiger charge is 2.15. The zero-order chi connectivity index (χ0) is 15.1. The minimum atomic E-state index is -0.963. The summed E-state index contributed by atoms with van der Waals surface area (Å²) in [4.78, 5) is 23.8. The van der Waals surface area contributed by atoms with Gasteiger partial charge in [-0.15, -0.1) is 0 Å². The number of carboxylic acids is 1. The van der Waals surface area contributed by atoms with Gasteiger partial charge in [-0.2, -0.15) is 0 Å². The summed E-state index contributed by atoms with van der Waals surface area (Å²) in [6.07, 6.45) is 3.93. The molecule has 0 bridgehead atoms. The van der Waals surface area contributed by atoms with E-state index in [2.05, 4.69) is 4.90 Å². The topological polar surface area (TPSA) is 66.8 Å². The highest BCUT2D eigenvalue weighted by Crippen LogP contribution is 2.13. The molecule has 1 heterocycles. The number of carbonyl (C=O) groups is 2. The van der Waals surface area contributed by atoms with Crippen LogP contribution in [0.2, 0.25) is 0 Å². The molecule has 0 aliphatic carbocycles. The molecule has 2 rings (SSSR count). The fraction of sp³-hybridized carbons (Fsp3) is 0.375. The first-order valence-corrected chi connectivity index (χ1v) is 7.01. The Morgan fingerprint density at radius 1 is 1.24 bits per heavy atom. The van der Waals surface area contributed by atoms with Gasteiger partial charge in [-0.1, -0.05) is 12.1 Å². The summed E-state index contributed by atoms with van der Waals surface area (Å²) in [5.41, 5.74) is 0.819. The first-order valence-electron chi connectivity index (χ1n) is 7.01. The van der Waals surface area contributed by atoms with E-state index >= 15 is 0 Å². The summed E-state index contributed by atoms with van der Waals surface area (Å²) >= 11 is 0. The van der Waals surface area contributed by atoms with Gasteiger partial charge in [0.05, 0.1) is 0 Å². The zero-order valence-electron chi connectivity index (χ0n) is 11.8. The van der Waals surface area contributed by atoms with E-state index in [0.717, 1.165) is 37.0 Å². The maximum Gasteiger partial charge on any atom is 0.328 e. The molecule has 5 heteroatoms. The van der Waals surface area contributed by atoms with Crippen LogP contribution in [0.5, 0.6) is 5.75 Å². The number of aliphatic carboxylic acids is 1. The van der Waals surface area contributed by atoms with Crippen molar-refractivity contribution in [1.29, 1.82) is 0 Å². The van der Waals surface area contributed by atoms with Gasteiger partial charge in [-0.25, -0.2) is 4.79 Å². The van der Waals surface area contributed by atoms with Crippen molar-refractivity contribution in [2.75, 3.05) is 26.2 Å². The Labute approximate surface area is 123 Å². The van der Waals surface area contributed by atoms with Crippen molar-refractivity contribution in [3.8, 4) is 5.75 Å². The molecular weight excluding hydrogens is 270 g/mol. The van der Waals surface area contributed by atoms with Crippen LogP contribution in [0.4, 0.5) is 0 Å². The Morgan fingerprint density at radius 2 is 1.90 bits per heavy atom. The quantitative estimate of drug-likeness (QED) is 0.809. The second-order valence-corrected chi connectivity index (χ2v) is 4.97. The molecule has 1 aliphatic heterocycles. The maximum absolute atomic E-state index is 11.1. The molecule has 1 aromatic rings. The van der Waals surface area contributed by atoms with Crippen LogP contribution >= 0.6 is 0 Å². The molecule has 5 nitrogen and oxygen atoms in total. The minimum Gasteiger partial charge on any atom is -0.492 e. The molecule has 112 valence electrons. The Kier molecular flexibility index (Phi) is 5.51. The van der Waals surface area contributed by atoms with Gasteiger partial charge in [0, 0.05) is 38.6 Å². The van der Waals surface area contributed by atoms with E-state index < -0.39 is 5.97 Å². The predicted molar refractivity (Wildman–Crippen MR) is 79.3 cm³/mol. The number of rotatable bonds is 6. The Morgan fingerprint density at radius 3 is 2.52 bits per heavy atom. The van der Waals surface area contributed by atoms with Crippen LogP contribution < -0.4 is 4.74 Å². The number of ether oxygens (including phenoxy) is 1. The highest BCUT2D eigenvalue weighted by atomic mass is 16.5. The number of hydrogen-bond donors (Lipinski definition) is 1. The number of likely N-dealkylation sites (tertiary alicyclic amines) is 1. The summed E-state index contributed by atoms with van der Waals surface area (Å²) in [6.45, 7) is 3.04. The van der Waals surface area contributed by atoms with Crippen LogP contribution in [-0.4, -0.2) is 48.0 Å². The first kappa shape index (κ1) is 15.3. The van der Waals surface area contributed by atoms with E-state index in [1.54, 1.807) is 0 Å². The number of benzene rings is 1. The Bertz CT molecular complexity index is 512. The number of carbonyl (C=O) groups excluding carboxylic acids is 1. The number of Topliss-reactive ketones (excluding diaryl/α,β-unsaturated/α-hetero) is 1. The van der Waals surface area contributed by atoms with E-state index in [9.17, 15) is 9.59 Å². The molecule has 0 spiro atoms. The largest absolute Gasteiger partial charge is 0.492 e. The van der Waals surface area contributed by atoms with Gasteiger partial charge in [0.15, 0.2) is 0 Å². The van der Waals surface area contributed by atoms with Crippen molar-refractivity contribution in [1.82, 2.24) is 4.90 Å². The molecule has 0 radical (unpaired) electrons. The van der Waals surface area contributed by atoms with Gasteiger partial charge < -0.3 is 9.84 Å². The summed E-state index contributed by atoms with van der Waals surface area (Å²) in [5, 5.41) is 8.55. The van der Waals surface area contributed by atoms with Crippen molar-refractivity contribution in [3.63, 3.8) is 0 Å². The van der Waals surface area contributed by atoms with Crippen molar-refractivity contribution < 1.29 is 19.4 Å². The third kappa shape index (κ3) is 5.39. The standard InChI is InChI=1S/C16H19NO4/c18-14-7-9-17(10-8-14)11-12-21-15-4-1-13(2-5-15)3-6-16(19)20/h1-6H,7-12H2,(H,19,20)/b6-3+. The van der Waals surface area contributed by atoms with Gasteiger partial charge >= 0.3 is 5.97 Å². The lowest BCUT2D eigenvalue weighted by molar-refractivity contribution is -0.131. The molecule has 1 fully saturated rings. The molecular formula is C16H19NO4. The molecule has 1 aromatic carbocycles. The van der Waals surface area contributed by atoms with Crippen molar-refractivity contribution in [2.45, 2.75) is 12.8 Å². The van der Waals surface area contributed by atoms with Crippen LogP contribution in [0.25, 0.3) is 6.08 Å². The second-order valence-electron chi connectivity index (χ2n) is 4.97. The summed E-state index contributed by atoms with van der Waals surface area (Å²) < 4.78 is 5.65. The van der Waals surface area contributed by atoms with Gasteiger partial charge in [0.2, 0.25) is 0 Å². The van der Waals surface area contributed by atoms with Gasteiger partial charge in [0.1, 0.15) is 18.1 Å². The van der Waals surface area contributed by atoms with E-state index in [0.29, 0.717) is 25.2 Å². The van der Waals surface area contributed by atoms with Crippen LogP contribution in [0.3, 0.4) is 0 Å². The van der Waals surface area contributed by atoms with E-state index in [1.165, 1.54) is 6.08 Å². The van der Waals surface area contributed by atoms with E-state index in [1.807, 2.05) is 24.3 Å². The third-order valence-electron chi connectivity index (χ3n) is 3.39. The van der Waals surface area contributed by atoms with Crippen LogP contribution in [0.15, 0.2) is 30.3 Å². The van der Waals surface area contributed by atoms with Crippen LogP contribution in [-0.2, 0) is 9.59 Å². The lowest BCUT2D eigenvalue weighted by atomic mass is 10.1. The lowest BCUT2D eigenvalue weighted by Crippen LogP contribution is -2.36. The molecule has 0 amide bonds. The minimum absolute atomic E-state index is 0.345. The Hall–Kier alpha value is -2.14. The predicted octanol–water partition coefficient (Wildman–Crippen LogP) is 1.83. The number of ketones is 1. The van der Waals surface area contributed by atoms with Gasteiger partial charge in [-0.05, 0) is 23.8 Å². The SMILES string of the molecule is O=C(O)/C=C/c1ccc(OCCN2CCC(=O)CC2)cc1. The molecule has 0 unspecified atom stereocenters. The van der Waals surface area contributed by atoms with Crippen molar-refractivity contribution in [3.05, 3.63) is 35.9 Å². The van der Waals surface area contributed by atoms with Gasteiger partial charge in [-0.3, -0.25) is 9.69 Å². The number of carboxylic acid groups (broad SMARTS) is 1. The Balaban J connectivity index is 1.73. The highest BCUT2D eigenvalue weighted by molar-refractivity contribution is 5.85. The van der Waals surface area contributed by atoms with Crippen LogP contribution in [0, 0.1) is 0 Å². The molecule has 0 atom stereocenters. The van der Waals surface area contributed by atoms with Gasteiger partial charge in [0.25, 0.3) is 0 Å². The fourth-order valence-electron chi connectivity index (χ4n) is 2.16. The number of piperidine rings is 1. The molecule has 1 aliphatic rings. The first-order chi connectivity index (χ1) is 10.1. The molecule has 1 N–H and O–H groups in total. The summed E-state index contributed by atoms with van der Waals surface area (Å²) in [7, 11) is 0. The number of nitrogens with zero attached hydrogens (tertiary/aromatic N) is 1. The summed E-state index contributed by atoms with van der Waals surface area (Å²) in [6, 6.07) is 7.27.